The normalized spacial score (nSPS) is 17.3. The van der Waals surface area contributed by atoms with Crippen LogP contribution in [0.3, 0.4) is 0 Å². The number of allylic oxidation sites excluding steroid dienone is 4. The molecule has 8 rings (SSSR count). The van der Waals surface area contributed by atoms with Crippen molar-refractivity contribution in [1.82, 2.24) is 31.2 Å². The number of thiophene rings is 2. The van der Waals surface area contributed by atoms with E-state index in [1.807, 2.05) is 61.0 Å². The van der Waals surface area contributed by atoms with E-state index in [9.17, 15) is 58.1 Å². The van der Waals surface area contributed by atoms with Gasteiger partial charge in [-0.1, -0.05) is 52.5 Å². The Morgan fingerprint density at radius 2 is 1.10 bits per heavy atom. The van der Waals surface area contributed by atoms with E-state index in [1.54, 1.807) is 32.0 Å². The molecule has 478 valence electrons. The number of aromatic nitrogens is 2. The van der Waals surface area contributed by atoms with Crippen molar-refractivity contribution in [3.05, 3.63) is 117 Å². The molecule has 0 spiro atoms. The molecule has 2 atom stereocenters. The third-order valence-electron chi connectivity index (χ3n) is 16.3. The average molecular weight is 1320 g/mol. The summed E-state index contributed by atoms with van der Waals surface area (Å²) in [6.07, 6.45) is 12.0. The van der Waals surface area contributed by atoms with Crippen LogP contribution in [0.4, 0.5) is 11.4 Å². The highest BCUT2D eigenvalue weighted by Crippen LogP contribution is 2.57. The van der Waals surface area contributed by atoms with Gasteiger partial charge in [0.1, 0.15) is 29.3 Å². The van der Waals surface area contributed by atoms with Gasteiger partial charge in [-0.3, -0.25) is 32.8 Å². The summed E-state index contributed by atoms with van der Waals surface area (Å²) >= 11 is 2.93. The van der Waals surface area contributed by atoms with Gasteiger partial charge in [0.2, 0.25) is 5.69 Å². The molecule has 4 aromatic heterocycles. The van der Waals surface area contributed by atoms with Gasteiger partial charge in [0.05, 0.1) is 33.7 Å². The number of amides is 4. The van der Waals surface area contributed by atoms with Crippen molar-refractivity contribution < 1.29 is 62.7 Å². The van der Waals surface area contributed by atoms with Crippen molar-refractivity contribution in [3.8, 4) is 22.3 Å². The largest absolute Gasteiger partial charge is 0.351 e. The van der Waals surface area contributed by atoms with Gasteiger partial charge < -0.3 is 26.2 Å². The van der Waals surface area contributed by atoms with E-state index < -0.39 is 88.6 Å². The lowest BCUT2D eigenvalue weighted by Gasteiger charge is -2.30. The number of hydrogen-bond acceptors (Lipinski definition) is 15. The molecule has 0 saturated carbocycles. The molecule has 89 heavy (non-hydrogen) atoms. The quantitative estimate of drug-likeness (QED) is 0.0125. The maximum absolute atomic E-state index is 13.8. The molecule has 0 aliphatic carbocycles. The van der Waals surface area contributed by atoms with Crippen molar-refractivity contribution >= 4 is 114 Å². The van der Waals surface area contributed by atoms with Crippen LogP contribution in [-0.4, -0.2) is 139 Å². The van der Waals surface area contributed by atoms with Crippen molar-refractivity contribution in [2.45, 2.75) is 124 Å². The number of nitrogens with one attached hydrogen (secondary N) is 4. The van der Waals surface area contributed by atoms with E-state index in [1.165, 1.54) is 28.7 Å². The fraction of sp³-hybridized carbons (Fsp3) is 0.444. The average Bonchev–Trinajstić information content (AvgIpc) is 1.79. The number of unbranched alkanes of at least 4 members (excludes halogenated alkanes) is 3. The molecule has 26 heteroatoms. The summed E-state index contributed by atoms with van der Waals surface area (Å²) in [7, 11) is -13.2. The fourth-order valence-electron chi connectivity index (χ4n) is 12.3. The summed E-state index contributed by atoms with van der Waals surface area (Å²) in [4.78, 5) is 65.7. The van der Waals surface area contributed by atoms with Crippen LogP contribution in [0.1, 0.15) is 166 Å². The predicted octanol–water partition coefficient (Wildman–Crippen LogP) is 10.4. The second-order valence-corrected chi connectivity index (χ2v) is 29.4. The molecular weight excluding hydrogens is 1240 g/mol. The van der Waals surface area contributed by atoms with E-state index in [0.29, 0.717) is 55.7 Å². The number of carbonyl (C=O) groups is 4. The Hall–Kier alpha value is -6.78. The lowest BCUT2D eigenvalue weighted by Crippen LogP contribution is -2.32. The van der Waals surface area contributed by atoms with Crippen LogP contribution < -0.4 is 26.2 Å². The highest BCUT2D eigenvalue weighted by atomic mass is 32.2. The topological polar surface area (TPSA) is 312 Å². The molecule has 2 aliphatic rings. The summed E-state index contributed by atoms with van der Waals surface area (Å²) in [5, 5.41) is 16.6. The van der Waals surface area contributed by atoms with Crippen molar-refractivity contribution in [1.29, 1.82) is 0 Å². The van der Waals surface area contributed by atoms with Gasteiger partial charge in [-0.05, 0) is 142 Å². The minimum atomic E-state index is -4.43. The molecule has 0 radical (unpaired) electrons. The zero-order valence-corrected chi connectivity index (χ0v) is 55.3. The first-order chi connectivity index (χ1) is 42.2. The highest BCUT2D eigenvalue weighted by molar-refractivity contribution is 7.86. The first-order valence-electron chi connectivity index (χ1n) is 30.1. The molecule has 7 N–H and O–H groups in total. The lowest BCUT2D eigenvalue weighted by atomic mass is 9.74. The smallest absolute Gasteiger partial charge is 0.269 e. The molecule has 2 unspecified atom stereocenters. The van der Waals surface area contributed by atoms with Gasteiger partial charge in [-0.15, -0.1) is 22.7 Å². The predicted molar refractivity (Wildman–Crippen MR) is 352 cm³/mol. The van der Waals surface area contributed by atoms with Crippen LogP contribution >= 0.6 is 22.7 Å². The molecule has 2 aromatic carbocycles. The van der Waals surface area contributed by atoms with Crippen molar-refractivity contribution in [2.24, 2.45) is 0 Å². The molecule has 21 nitrogen and oxygen atoms in total. The number of nitrogens with zero attached hydrogens (tertiary/aromatic N) is 4. The molecule has 0 bridgehead atoms. The highest BCUT2D eigenvalue weighted by Gasteiger charge is 2.49. The zero-order valence-electron chi connectivity index (χ0n) is 51.2. The number of pyridine rings is 2. The number of fused-ring (bicyclic) bond motifs is 6. The fourth-order valence-corrected chi connectivity index (χ4v) is 15.5. The molecule has 6 heterocycles. The van der Waals surface area contributed by atoms with Crippen LogP contribution in [0.2, 0.25) is 0 Å². The molecule has 0 saturated heterocycles. The molecular formula is C63H79N8O13S5+. The second kappa shape index (κ2) is 28.6. The van der Waals surface area contributed by atoms with E-state index >= 15 is 0 Å². The van der Waals surface area contributed by atoms with Crippen LogP contribution in [0.15, 0.2) is 83.2 Å². The third-order valence-corrected chi connectivity index (χ3v) is 20.5. The van der Waals surface area contributed by atoms with Crippen LogP contribution in [0, 0.1) is 0 Å². The summed E-state index contributed by atoms with van der Waals surface area (Å²) in [5.74, 6) is -3.98. The number of rotatable bonds is 30. The molecule has 0 fully saturated rings. The van der Waals surface area contributed by atoms with Gasteiger partial charge in [-0.25, -0.2) is 9.97 Å². The van der Waals surface area contributed by atoms with Gasteiger partial charge in [0.25, 0.3) is 54.0 Å². The van der Waals surface area contributed by atoms with Gasteiger partial charge in [-0.2, -0.15) is 29.8 Å². The maximum Gasteiger partial charge on any atom is 0.269 e. The Bertz CT molecular complexity index is 4120. The van der Waals surface area contributed by atoms with Crippen molar-refractivity contribution in [3.63, 3.8) is 0 Å². The molecule has 4 amide bonds. The lowest BCUT2D eigenvalue weighted by molar-refractivity contribution is -0.435. The maximum atomic E-state index is 13.8. The summed E-state index contributed by atoms with van der Waals surface area (Å²) in [6.45, 7) is 15.2. The van der Waals surface area contributed by atoms with E-state index in [2.05, 4.69) is 67.5 Å². The first-order valence-corrected chi connectivity index (χ1v) is 36.7. The van der Waals surface area contributed by atoms with Gasteiger partial charge in [0.15, 0.2) is 5.71 Å². The Labute approximate surface area is 528 Å². The minimum absolute atomic E-state index is 0.0518. The Morgan fingerprint density at radius 3 is 1.63 bits per heavy atom. The number of anilines is 1. The number of hydrogen-bond donors (Lipinski definition) is 7. The van der Waals surface area contributed by atoms with Crippen LogP contribution in [0.25, 0.3) is 42.4 Å². The first kappa shape index (κ1) is 68.1. The molecule has 6 aromatic rings. The van der Waals surface area contributed by atoms with E-state index in [-0.39, 0.29) is 48.6 Å². The van der Waals surface area contributed by atoms with Gasteiger partial charge >= 0.3 is 0 Å². The third kappa shape index (κ3) is 15.5. The Balaban J connectivity index is 1.35. The van der Waals surface area contributed by atoms with Crippen LogP contribution in [0.5, 0.6) is 0 Å². The van der Waals surface area contributed by atoms with Gasteiger partial charge in [0, 0.05) is 87.8 Å². The summed E-state index contributed by atoms with van der Waals surface area (Å²) < 4.78 is 107. The van der Waals surface area contributed by atoms with Crippen molar-refractivity contribution in [2.75, 3.05) is 61.4 Å². The monoisotopic (exact) mass is 1320 g/mol. The Morgan fingerprint density at radius 1 is 0.584 bits per heavy atom. The number of carbonyl (C=O) groups excluding carboxylic acids is 4. The van der Waals surface area contributed by atoms with E-state index in [4.69, 9.17) is 0 Å². The second-order valence-electron chi connectivity index (χ2n) is 22.8. The van der Waals surface area contributed by atoms with E-state index in [0.717, 1.165) is 91.8 Å². The van der Waals surface area contributed by atoms with Crippen LogP contribution in [-0.2, 0) is 41.2 Å². The SMILES string of the molecule is CCCCCCN1/C(=C/C=C/C2=[N+](CCCS(=O)(=O)O)c3c(cc(-c4cc(C(=O)NCC)nc(C(=O)NCC)c4)c4sccc34)C2(C)CCC)C(C)(CCCS(=O)(=O)O)c2cc(-c3cc(C(=O)NCCC)nc(C(=O)NCCS(=O)(=O)O)c3)c3sccc3c21. The molecule has 2 aliphatic heterocycles. The summed E-state index contributed by atoms with van der Waals surface area (Å²) in [5.41, 5.74) is 5.73. The standard InChI is InChI=1S/C63H78N8O13S5/c1-8-13-14-15-27-70-53(63(7,24-17-31-87(76,77)78)47-39-45(57-43(55(47)70)22-30-86-57)41-36-50(60(74)66-25-10-3)69-51(37-41)61(75)67-26-33-89(82,83)84)20-16-19-52-62(6,23-9-2)46-38-44(40-34-48(58(72)64-11-4)68-49(35-40)59(73)65-12-5)56-42(21-29-85-56)54(46)71(52)28-18-32-88(79,80)81/h16,19-22,29-30,34-39H,8-15,17-18,23-28,31-33H2,1-7H3,(H6-,64,65,66,67,72,73,74,75,76,77,78,79,80,81,82,83,84)/p+1. The minimum Gasteiger partial charge on any atom is -0.351 e. The zero-order chi connectivity index (χ0) is 64.6. The number of benzene rings is 2. The Kier molecular flexibility index (Phi) is 21.9. The summed E-state index contributed by atoms with van der Waals surface area (Å²) in [6, 6.07) is 14.6.